The Labute approximate surface area is 140 Å². The number of nitrogens with one attached hydrogen (secondary N) is 1. The number of hydrogen-bond donors (Lipinski definition) is 1. The van der Waals surface area contributed by atoms with Gasteiger partial charge in [-0.15, -0.1) is 0 Å². The van der Waals surface area contributed by atoms with Crippen molar-refractivity contribution in [3.8, 4) is 0 Å². The normalized spacial score (nSPS) is 11.9. The van der Waals surface area contributed by atoms with Gasteiger partial charge in [0.1, 0.15) is 5.82 Å². The number of amides is 1. The molecular formula is C20H19FN2O. The van der Waals surface area contributed by atoms with E-state index in [1.54, 1.807) is 12.1 Å². The predicted molar refractivity (Wildman–Crippen MR) is 93.4 cm³/mol. The number of aromatic nitrogens is 1. The molecule has 0 saturated heterocycles. The van der Waals surface area contributed by atoms with Crippen molar-refractivity contribution in [2.75, 3.05) is 5.32 Å². The van der Waals surface area contributed by atoms with Crippen molar-refractivity contribution in [2.45, 2.75) is 19.4 Å². The molecule has 0 aliphatic heterocycles. The standard InChI is InChI=1S/C20H19FN2O/c1-15-6-4-7-16(12-15)19(23-10-2-3-11-23)14-20(24)22-18-9-5-8-17(21)13-18/h2-13,19H,14H2,1H3,(H,22,24)/t19-/m0/s1. The van der Waals surface area contributed by atoms with Crippen LogP contribution in [0.4, 0.5) is 10.1 Å². The van der Waals surface area contributed by atoms with Crippen molar-refractivity contribution in [1.82, 2.24) is 4.57 Å². The van der Waals surface area contributed by atoms with Crippen molar-refractivity contribution in [3.63, 3.8) is 0 Å². The van der Waals surface area contributed by atoms with Gasteiger partial charge in [-0.25, -0.2) is 4.39 Å². The van der Waals surface area contributed by atoms with Crippen LogP contribution in [-0.4, -0.2) is 10.5 Å². The fourth-order valence-electron chi connectivity index (χ4n) is 2.78. The van der Waals surface area contributed by atoms with Crippen LogP contribution in [0.5, 0.6) is 0 Å². The van der Waals surface area contributed by atoms with Crippen molar-refractivity contribution in [3.05, 3.63) is 90.0 Å². The van der Waals surface area contributed by atoms with Crippen molar-refractivity contribution >= 4 is 11.6 Å². The van der Waals surface area contributed by atoms with Gasteiger partial charge in [-0.1, -0.05) is 35.9 Å². The van der Waals surface area contributed by atoms with Gasteiger partial charge in [0.15, 0.2) is 0 Å². The van der Waals surface area contributed by atoms with E-state index in [0.717, 1.165) is 11.1 Å². The Hall–Kier alpha value is -2.88. The van der Waals surface area contributed by atoms with Crippen LogP contribution in [-0.2, 0) is 4.79 Å². The number of anilines is 1. The van der Waals surface area contributed by atoms with E-state index in [9.17, 15) is 9.18 Å². The van der Waals surface area contributed by atoms with Gasteiger partial charge in [-0.2, -0.15) is 0 Å². The smallest absolute Gasteiger partial charge is 0.226 e. The molecule has 0 saturated carbocycles. The van der Waals surface area contributed by atoms with Crippen molar-refractivity contribution < 1.29 is 9.18 Å². The van der Waals surface area contributed by atoms with Gasteiger partial charge in [0.2, 0.25) is 5.91 Å². The summed E-state index contributed by atoms with van der Waals surface area (Å²) in [5, 5.41) is 2.77. The molecule has 3 aromatic rings. The van der Waals surface area contributed by atoms with Gasteiger partial charge in [-0.05, 0) is 42.8 Å². The van der Waals surface area contributed by atoms with Crippen molar-refractivity contribution in [2.24, 2.45) is 0 Å². The van der Waals surface area contributed by atoms with E-state index in [2.05, 4.69) is 11.4 Å². The Balaban J connectivity index is 1.80. The summed E-state index contributed by atoms with van der Waals surface area (Å²) in [6.45, 7) is 2.03. The Morgan fingerprint density at radius 2 is 1.83 bits per heavy atom. The molecule has 2 aromatic carbocycles. The van der Waals surface area contributed by atoms with Crippen LogP contribution < -0.4 is 5.32 Å². The number of benzene rings is 2. The minimum Gasteiger partial charge on any atom is -0.346 e. The second kappa shape index (κ2) is 7.13. The summed E-state index contributed by atoms with van der Waals surface area (Å²) in [5.41, 5.74) is 2.69. The summed E-state index contributed by atoms with van der Waals surface area (Å²) in [5.74, 6) is -0.519. The van der Waals surface area contributed by atoms with Crippen LogP contribution in [0.2, 0.25) is 0 Å². The number of hydrogen-bond acceptors (Lipinski definition) is 1. The molecule has 0 fully saturated rings. The highest BCUT2D eigenvalue weighted by atomic mass is 19.1. The zero-order valence-electron chi connectivity index (χ0n) is 13.4. The molecule has 0 bridgehead atoms. The van der Waals surface area contributed by atoms with E-state index in [0.29, 0.717) is 5.69 Å². The summed E-state index contributed by atoms with van der Waals surface area (Å²) in [4.78, 5) is 12.4. The first kappa shape index (κ1) is 16.0. The third kappa shape index (κ3) is 3.90. The molecule has 1 amide bonds. The highest BCUT2D eigenvalue weighted by Gasteiger charge is 2.17. The largest absolute Gasteiger partial charge is 0.346 e. The second-order valence-corrected chi connectivity index (χ2v) is 5.82. The molecule has 3 nitrogen and oxygen atoms in total. The van der Waals surface area contributed by atoms with Crippen LogP contribution in [0.1, 0.15) is 23.6 Å². The number of carbonyl (C=O) groups is 1. The molecule has 1 atom stereocenters. The molecule has 4 heteroatoms. The summed E-state index contributed by atoms with van der Waals surface area (Å²) >= 11 is 0. The first-order chi connectivity index (χ1) is 11.6. The van der Waals surface area contributed by atoms with E-state index in [4.69, 9.17) is 0 Å². The first-order valence-electron chi connectivity index (χ1n) is 7.86. The molecule has 0 radical (unpaired) electrons. The topological polar surface area (TPSA) is 34.0 Å². The third-order valence-electron chi connectivity index (χ3n) is 3.90. The van der Waals surface area contributed by atoms with Gasteiger partial charge in [-0.3, -0.25) is 4.79 Å². The highest BCUT2D eigenvalue weighted by molar-refractivity contribution is 5.91. The minimum atomic E-state index is -0.367. The summed E-state index contributed by atoms with van der Waals surface area (Å²) in [6, 6.07) is 17.8. The Morgan fingerprint density at radius 3 is 2.54 bits per heavy atom. The van der Waals surface area contributed by atoms with Gasteiger partial charge in [0.25, 0.3) is 0 Å². The van der Waals surface area contributed by atoms with Crippen LogP contribution in [0, 0.1) is 12.7 Å². The van der Waals surface area contributed by atoms with E-state index >= 15 is 0 Å². The van der Waals surface area contributed by atoms with Gasteiger partial charge in [0.05, 0.1) is 12.5 Å². The van der Waals surface area contributed by atoms with E-state index < -0.39 is 0 Å². The van der Waals surface area contributed by atoms with E-state index in [1.807, 2.05) is 54.2 Å². The molecule has 0 spiro atoms. The van der Waals surface area contributed by atoms with Gasteiger partial charge in [0, 0.05) is 18.1 Å². The first-order valence-corrected chi connectivity index (χ1v) is 7.86. The molecule has 0 aliphatic rings. The number of nitrogens with zero attached hydrogens (tertiary/aromatic N) is 1. The lowest BCUT2D eigenvalue weighted by atomic mass is 10.0. The maximum atomic E-state index is 13.3. The zero-order valence-corrected chi connectivity index (χ0v) is 13.4. The maximum Gasteiger partial charge on any atom is 0.226 e. The average molecular weight is 322 g/mol. The van der Waals surface area contributed by atoms with Crippen LogP contribution >= 0.6 is 0 Å². The number of carbonyl (C=O) groups excluding carboxylic acids is 1. The summed E-state index contributed by atoms with van der Waals surface area (Å²) in [7, 11) is 0. The quantitative estimate of drug-likeness (QED) is 0.734. The van der Waals surface area contributed by atoms with E-state index in [-0.39, 0.29) is 24.2 Å². The molecule has 0 unspecified atom stereocenters. The molecule has 24 heavy (non-hydrogen) atoms. The summed E-state index contributed by atoms with van der Waals surface area (Å²) < 4.78 is 15.3. The molecule has 3 rings (SSSR count). The highest BCUT2D eigenvalue weighted by Crippen LogP contribution is 2.24. The Bertz CT molecular complexity index is 827. The molecule has 122 valence electrons. The van der Waals surface area contributed by atoms with Crippen LogP contribution in [0.15, 0.2) is 73.1 Å². The number of halogens is 1. The van der Waals surface area contributed by atoms with Gasteiger partial charge < -0.3 is 9.88 Å². The Morgan fingerprint density at radius 1 is 1.08 bits per heavy atom. The van der Waals surface area contributed by atoms with Gasteiger partial charge >= 0.3 is 0 Å². The number of aryl methyl sites for hydroxylation is 1. The van der Waals surface area contributed by atoms with Crippen LogP contribution in [0.3, 0.4) is 0 Å². The fraction of sp³-hybridized carbons (Fsp3) is 0.150. The Kier molecular flexibility index (Phi) is 4.75. The average Bonchev–Trinajstić information content (AvgIpc) is 3.07. The van der Waals surface area contributed by atoms with Crippen molar-refractivity contribution in [1.29, 1.82) is 0 Å². The minimum absolute atomic E-state index is 0.103. The van der Waals surface area contributed by atoms with E-state index in [1.165, 1.54) is 12.1 Å². The number of rotatable bonds is 5. The summed E-state index contributed by atoms with van der Waals surface area (Å²) in [6.07, 6.45) is 4.17. The fourth-order valence-corrected chi connectivity index (χ4v) is 2.78. The lowest BCUT2D eigenvalue weighted by molar-refractivity contribution is -0.116. The lowest BCUT2D eigenvalue weighted by Crippen LogP contribution is -2.19. The lowest BCUT2D eigenvalue weighted by Gasteiger charge is -2.20. The third-order valence-corrected chi connectivity index (χ3v) is 3.90. The molecule has 1 heterocycles. The SMILES string of the molecule is Cc1cccc([C@H](CC(=O)Nc2cccc(F)c2)n2cccc2)c1. The predicted octanol–water partition coefficient (Wildman–Crippen LogP) is 4.55. The molecule has 1 aromatic heterocycles. The monoisotopic (exact) mass is 322 g/mol. The zero-order chi connectivity index (χ0) is 16.9. The second-order valence-electron chi connectivity index (χ2n) is 5.82. The maximum absolute atomic E-state index is 13.3. The molecule has 0 aliphatic carbocycles. The molecular weight excluding hydrogens is 303 g/mol. The van der Waals surface area contributed by atoms with Crippen LogP contribution in [0.25, 0.3) is 0 Å². The molecule has 1 N–H and O–H groups in total.